The van der Waals surface area contributed by atoms with Gasteiger partial charge in [0, 0.05) is 29.6 Å². The van der Waals surface area contributed by atoms with Crippen molar-refractivity contribution >= 4 is 16.8 Å². The van der Waals surface area contributed by atoms with Crippen molar-refractivity contribution in [1.29, 1.82) is 0 Å². The molecule has 2 aromatic rings. The van der Waals surface area contributed by atoms with Crippen LogP contribution in [0.5, 0.6) is 0 Å². The molecular formula is C18H26N2O. The average Bonchev–Trinajstić information content (AvgIpc) is 2.90. The molecule has 0 aliphatic heterocycles. The third-order valence-corrected chi connectivity index (χ3v) is 4.01. The van der Waals surface area contributed by atoms with Crippen molar-refractivity contribution in [3.05, 3.63) is 36.0 Å². The van der Waals surface area contributed by atoms with Crippen LogP contribution in [0.25, 0.3) is 10.9 Å². The predicted octanol–water partition coefficient (Wildman–Crippen LogP) is 4.04. The third kappa shape index (κ3) is 4.10. The maximum atomic E-state index is 12.2. The maximum Gasteiger partial charge on any atom is 0.223 e. The van der Waals surface area contributed by atoms with E-state index in [4.69, 9.17) is 0 Å². The van der Waals surface area contributed by atoms with E-state index in [1.807, 2.05) is 12.3 Å². The second kappa shape index (κ2) is 7.87. The van der Waals surface area contributed by atoms with Gasteiger partial charge in [0.05, 0.1) is 0 Å². The minimum absolute atomic E-state index is 0.183. The highest BCUT2D eigenvalue weighted by Crippen LogP contribution is 2.18. The Kier molecular flexibility index (Phi) is 5.85. The highest BCUT2D eigenvalue weighted by Gasteiger charge is 2.15. The molecule has 1 aromatic carbocycles. The van der Waals surface area contributed by atoms with E-state index >= 15 is 0 Å². The monoisotopic (exact) mass is 286 g/mol. The first-order chi connectivity index (χ1) is 10.3. The first-order valence-electron chi connectivity index (χ1n) is 8.09. The summed E-state index contributed by atoms with van der Waals surface area (Å²) < 4.78 is 0. The molecule has 21 heavy (non-hydrogen) atoms. The van der Waals surface area contributed by atoms with Crippen molar-refractivity contribution in [2.45, 2.75) is 46.0 Å². The number of carbonyl (C=O) groups excluding carboxylic acids is 1. The zero-order chi connectivity index (χ0) is 15.1. The van der Waals surface area contributed by atoms with Crippen LogP contribution in [0.3, 0.4) is 0 Å². The molecule has 1 amide bonds. The van der Waals surface area contributed by atoms with Gasteiger partial charge < -0.3 is 10.3 Å². The van der Waals surface area contributed by atoms with Crippen LogP contribution in [0.15, 0.2) is 30.5 Å². The Hall–Kier alpha value is -1.77. The highest BCUT2D eigenvalue weighted by molar-refractivity contribution is 5.83. The number of aromatic amines is 1. The number of rotatable bonds is 8. The second-order valence-electron chi connectivity index (χ2n) is 5.67. The molecule has 1 heterocycles. The number of hydrogen-bond acceptors (Lipinski definition) is 1. The Morgan fingerprint density at radius 3 is 2.62 bits per heavy atom. The summed E-state index contributed by atoms with van der Waals surface area (Å²) in [6.07, 6.45) is 7.05. The van der Waals surface area contributed by atoms with Gasteiger partial charge in [-0.15, -0.1) is 0 Å². The number of H-pyrrole nitrogens is 1. The lowest BCUT2D eigenvalue weighted by atomic mass is 9.97. The largest absolute Gasteiger partial charge is 0.361 e. The number of nitrogens with one attached hydrogen (secondary N) is 2. The molecule has 0 aliphatic carbocycles. The van der Waals surface area contributed by atoms with Crippen molar-refractivity contribution in [3.63, 3.8) is 0 Å². The van der Waals surface area contributed by atoms with Crippen molar-refractivity contribution in [1.82, 2.24) is 10.3 Å². The van der Waals surface area contributed by atoms with E-state index in [1.165, 1.54) is 10.9 Å². The molecule has 2 rings (SSSR count). The van der Waals surface area contributed by atoms with Gasteiger partial charge in [0.15, 0.2) is 0 Å². The molecule has 1 aromatic heterocycles. The van der Waals surface area contributed by atoms with Crippen LogP contribution in [-0.4, -0.2) is 17.4 Å². The van der Waals surface area contributed by atoms with E-state index in [0.29, 0.717) is 6.54 Å². The van der Waals surface area contributed by atoms with Gasteiger partial charge >= 0.3 is 0 Å². The summed E-state index contributed by atoms with van der Waals surface area (Å²) >= 11 is 0. The zero-order valence-electron chi connectivity index (χ0n) is 13.1. The Labute approximate surface area is 127 Å². The van der Waals surface area contributed by atoms with Gasteiger partial charge in [-0.1, -0.05) is 44.9 Å². The summed E-state index contributed by atoms with van der Waals surface area (Å²) in [6.45, 7) is 4.99. The minimum atomic E-state index is 0.183. The maximum absolute atomic E-state index is 12.2. The van der Waals surface area contributed by atoms with E-state index in [1.54, 1.807) is 0 Å². The Morgan fingerprint density at radius 2 is 1.90 bits per heavy atom. The minimum Gasteiger partial charge on any atom is -0.361 e. The lowest BCUT2D eigenvalue weighted by Gasteiger charge is -2.15. The quantitative estimate of drug-likeness (QED) is 0.755. The first-order valence-corrected chi connectivity index (χ1v) is 8.09. The van der Waals surface area contributed by atoms with Crippen LogP contribution in [0.4, 0.5) is 0 Å². The molecule has 0 bridgehead atoms. The van der Waals surface area contributed by atoms with Gasteiger partial charge in [0.2, 0.25) is 5.91 Å². The van der Waals surface area contributed by atoms with Gasteiger partial charge in [-0.25, -0.2) is 0 Å². The molecule has 114 valence electrons. The summed E-state index contributed by atoms with van der Waals surface area (Å²) in [6, 6.07) is 8.29. The zero-order valence-corrected chi connectivity index (χ0v) is 13.1. The SMILES string of the molecule is CCCC(CCC)C(=O)NCCc1c[nH]c2ccccc12. The van der Waals surface area contributed by atoms with Gasteiger partial charge in [-0.2, -0.15) is 0 Å². The molecule has 0 atom stereocenters. The van der Waals surface area contributed by atoms with E-state index < -0.39 is 0 Å². The fraction of sp³-hybridized carbons (Fsp3) is 0.500. The fourth-order valence-electron chi connectivity index (χ4n) is 2.91. The Balaban J connectivity index is 1.87. The molecule has 3 heteroatoms. The standard InChI is InChI=1S/C18H26N2O/c1-3-7-14(8-4-2)18(21)19-12-11-15-13-20-17-10-6-5-9-16(15)17/h5-6,9-10,13-14,20H,3-4,7-8,11-12H2,1-2H3,(H,19,21). The third-order valence-electron chi connectivity index (χ3n) is 4.01. The summed E-state index contributed by atoms with van der Waals surface area (Å²) in [5.41, 5.74) is 2.43. The molecule has 0 unspecified atom stereocenters. The molecule has 3 nitrogen and oxygen atoms in total. The summed E-state index contributed by atoms with van der Waals surface area (Å²) in [7, 11) is 0. The number of para-hydroxylation sites is 1. The van der Waals surface area contributed by atoms with Crippen LogP contribution < -0.4 is 5.32 Å². The molecule has 0 spiro atoms. The van der Waals surface area contributed by atoms with Crippen LogP contribution in [0, 0.1) is 5.92 Å². The molecule has 0 saturated heterocycles. The Morgan fingerprint density at radius 1 is 1.19 bits per heavy atom. The number of carbonyl (C=O) groups is 1. The molecule has 0 saturated carbocycles. The molecule has 0 radical (unpaired) electrons. The van der Waals surface area contributed by atoms with Gasteiger partial charge in [-0.05, 0) is 30.9 Å². The predicted molar refractivity (Wildman–Crippen MR) is 88.3 cm³/mol. The van der Waals surface area contributed by atoms with E-state index in [2.05, 4.69) is 42.3 Å². The lowest BCUT2D eigenvalue weighted by Crippen LogP contribution is -2.32. The lowest BCUT2D eigenvalue weighted by molar-refractivity contribution is -0.125. The van der Waals surface area contributed by atoms with Gasteiger partial charge in [0.1, 0.15) is 0 Å². The van der Waals surface area contributed by atoms with Crippen molar-refractivity contribution in [2.75, 3.05) is 6.54 Å². The van der Waals surface area contributed by atoms with Crippen LogP contribution in [0.1, 0.15) is 45.1 Å². The van der Waals surface area contributed by atoms with Crippen LogP contribution in [-0.2, 0) is 11.2 Å². The van der Waals surface area contributed by atoms with Crippen LogP contribution >= 0.6 is 0 Å². The van der Waals surface area contributed by atoms with Gasteiger partial charge in [-0.3, -0.25) is 4.79 Å². The molecule has 0 fully saturated rings. The van der Waals surface area contributed by atoms with E-state index in [0.717, 1.165) is 37.6 Å². The van der Waals surface area contributed by atoms with Crippen LogP contribution in [0.2, 0.25) is 0 Å². The molecule has 0 aliphatic rings. The topological polar surface area (TPSA) is 44.9 Å². The Bertz CT molecular complexity index is 567. The smallest absolute Gasteiger partial charge is 0.223 e. The van der Waals surface area contributed by atoms with Crippen molar-refractivity contribution in [2.24, 2.45) is 5.92 Å². The summed E-state index contributed by atoms with van der Waals surface area (Å²) in [5.74, 6) is 0.404. The number of amides is 1. The molecular weight excluding hydrogens is 260 g/mol. The van der Waals surface area contributed by atoms with Crippen molar-refractivity contribution < 1.29 is 4.79 Å². The average molecular weight is 286 g/mol. The van der Waals surface area contributed by atoms with Crippen molar-refractivity contribution in [3.8, 4) is 0 Å². The van der Waals surface area contributed by atoms with E-state index in [-0.39, 0.29) is 11.8 Å². The molecule has 2 N–H and O–H groups in total. The number of hydrogen-bond donors (Lipinski definition) is 2. The first kappa shape index (κ1) is 15.6. The number of fused-ring (bicyclic) bond motifs is 1. The normalized spacial score (nSPS) is 11.2. The highest BCUT2D eigenvalue weighted by atomic mass is 16.1. The second-order valence-corrected chi connectivity index (χ2v) is 5.67. The number of aromatic nitrogens is 1. The number of benzene rings is 1. The summed E-state index contributed by atoms with van der Waals surface area (Å²) in [4.78, 5) is 15.5. The van der Waals surface area contributed by atoms with Gasteiger partial charge in [0.25, 0.3) is 0 Å². The summed E-state index contributed by atoms with van der Waals surface area (Å²) in [5, 5.41) is 4.36. The fourth-order valence-corrected chi connectivity index (χ4v) is 2.91. The van der Waals surface area contributed by atoms with E-state index in [9.17, 15) is 4.79 Å².